The van der Waals surface area contributed by atoms with Gasteiger partial charge >= 0.3 is 0 Å². The maximum atomic E-state index is 13.6. The van der Waals surface area contributed by atoms with E-state index < -0.39 is 0 Å². The van der Waals surface area contributed by atoms with Gasteiger partial charge < -0.3 is 0 Å². The van der Waals surface area contributed by atoms with Gasteiger partial charge in [0.2, 0.25) is 5.78 Å². The molecule has 150 valence electrons. The number of carbonyl (C=O) groups is 1. The maximum Gasteiger partial charge on any atom is 0.201 e. The molecule has 0 radical (unpaired) electrons. The van der Waals surface area contributed by atoms with E-state index in [1.54, 1.807) is 0 Å². The third-order valence-corrected chi connectivity index (χ3v) is 5.58. The van der Waals surface area contributed by atoms with E-state index in [-0.39, 0.29) is 5.78 Å². The lowest BCUT2D eigenvalue weighted by Crippen LogP contribution is -2.03. The van der Waals surface area contributed by atoms with Gasteiger partial charge in [-0.15, -0.1) is 0 Å². The molecule has 0 saturated carbocycles. The van der Waals surface area contributed by atoms with Gasteiger partial charge in [0, 0.05) is 15.6 Å². The van der Waals surface area contributed by atoms with E-state index in [1.807, 2.05) is 116 Å². The summed E-state index contributed by atoms with van der Waals surface area (Å²) < 4.78 is 0.966. The molecule has 0 aromatic heterocycles. The molecule has 4 aromatic rings. The third-order valence-electron chi connectivity index (χ3n) is 5.05. The van der Waals surface area contributed by atoms with Crippen LogP contribution in [0.2, 0.25) is 0 Å². The molecule has 0 atom stereocenters. The van der Waals surface area contributed by atoms with E-state index in [4.69, 9.17) is 0 Å². The fourth-order valence-corrected chi connectivity index (χ4v) is 3.64. The Labute approximate surface area is 191 Å². The third kappa shape index (κ3) is 5.00. The predicted octanol–water partition coefficient (Wildman–Crippen LogP) is 7.75. The first-order chi connectivity index (χ1) is 15.1. The Hall–Kier alpha value is -3.45. The van der Waals surface area contributed by atoms with Gasteiger partial charge in [-0.1, -0.05) is 124 Å². The summed E-state index contributed by atoms with van der Waals surface area (Å²) >= 11 is 3.49. The Morgan fingerprint density at radius 1 is 0.613 bits per heavy atom. The SMILES string of the molecule is Cc1ccc(C(=O)C(=C=C(c2ccccc2)c2ccccc2)c2ccc(Br)cc2)cc1. The first-order valence-electron chi connectivity index (χ1n) is 10.1. The van der Waals surface area contributed by atoms with Gasteiger partial charge in [0.15, 0.2) is 0 Å². The molecular weight excluding hydrogens is 444 g/mol. The fourth-order valence-electron chi connectivity index (χ4n) is 3.37. The first-order valence-corrected chi connectivity index (χ1v) is 10.9. The zero-order valence-electron chi connectivity index (χ0n) is 17.2. The van der Waals surface area contributed by atoms with Crippen LogP contribution in [0.5, 0.6) is 0 Å². The Morgan fingerprint density at radius 2 is 1.10 bits per heavy atom. The van der Waals surface area contributed by atoms with Crippen molar-refractivity contribution in [1.29, 1.82) is 0 Å². The van der Waals surface area contributed by atoms with Crippen LogP contribution in [0.25, 0.3) is 11.1 Å². The lowest BCUT2D eigenvalue weighted by Gasteiger charge is -2.09. The molecule has 1 nitrogen and oxygen atoms in total. The smallest absolute Gasteiger partial charge is 0.201 e. The highest BCUT2D eigenvalue weighted by molar-refractivity contribution is 9.10. The van der Waals surface area contributed by atoms with Crippen molar-refractivity contribution in [3.8, 4) is 0 Å². The Kier molecular flexibility index (Phi) is 6.43. The van der Waals surface area contributed by atoms with Gasteiger partial charge in [0.05, 0.1) is 5.57 Å². The standard InChI is InChI=1S/C29H21BrO/c1-21-12-14-25(15-13-21)29(31)28(24-16-18-26(30)19-17-24)20-27(22-8-4-2-5-9-22)23-10-6-3-7-11-23/h2-19H,1H3. The largest absolute Gasteiger partial charge is 0.288 e. The minimum absolute atomic E-state index is 0.0494. The summed E-state index contributed by atoms with van der Waals surface area (Å²) in [5.41, 5.74) is 9.56. The normalized spacial score (nSPS) is 10.3. The van der Waals surface area contributed by atoms with Crippen LogP contribution in [0.4, 0.5) is 0 Å². The van der Waals surface area contributed by atoms with Crippen molar-refractivity contribution in [2.75, 3.05) is 0 Å². The molecule has 0 aliphatic carbocycles. The Bertz CT molecular complexity index is 1200. The summed E-state index contributed by atoms with van der Waals surface area (Å²) in [6.07, 6.45) is 0. The van der Waals surface area contributed by atoms with E-state index >= 15 is 0 Å². The quantitative estimate of drug-likeness (QED) is 0.167. The molecule has 0 bridgehead atoms. The van der Waals surface area contributed by atoms with Crippen LogP contribution in [0, 0.1) is 6.92 Å². The number of carbonyl (C=O) groups excluding carboxylic acids is 1. The van der Waals surface area contributed by atoms with Gasteiger partial charge in [0.1, 0.15) is 0 Å². The van der Waals surface area contributed by atoms with Crippen LogP contribution in [-0.4, -0.2) is 5.78 Å². The van der Waals surface area contributed by atoms with Crippen LogP contribution in [0.3, 0.4) is 0 Å². The molecule has 31 heavy (non-hydrogen) atoms. The number of rotatable bonds is 5. The first kappa shape index (κ1) is 20.8. The highest BCUT2D eigenvalue weighted by Gasteiger charge is 2.16. The number of halogens is 1. The van der Waals surface area contributed by atoms with Gasteiger partial charge in [-0.25, -0.2) is 0 Å². The molecule has 0 spiro atoms. The minimum Gasteiger partial charge on any atom is -0.288 e. The summed E-state index contributed by atoms with van der Waals surface area (Å²) in [4.78, 5) is 13.6. The molecule has 0 aliphatic rings. The van der Waals surface area contributed by atoms with E-state index in [2.05, 4.69) is 21.7 Å². The minimum atomic E-state index is -0.0494. The number of benzene rings is 4. The number of ketones is 1. The lowest BCUT2D eigenvalue weighted by atomic mass is 9.93. The molecule has 0 aliphatic heterocycles. The zero-order chi connectivity index (χ0) is 21.6. The Morgan fingerprint density at radius 3 is 1.61 bits per heavy atom. The molecule has 0 unspecified atom stereocenters. The molecule has 0 N–H and O–H groups in total. The van der Waals surface area contributed by atoms with Crippen molar-refractivity contribution >= 4 is 32.9 Å². The highest BCUT2D eigenvalue weighted by atomic mass is 79.9. The van der Waals surface area contributed by atoms with Crippen LogP contribution in [0.15, 0.2) is 119 Å². The van der Waals surface area contributed by atoms with Crippen LogP contribution < -0.4 is 0 Å². The maximum absolute atomic E-state index is 13.6. The molecule has 0 heterocycles. The van der Waals surface area contributed by atoms with Gasteiger partial charge in [-0.05, 0) is 35.7 Å². The molecular formula is C29H21BrO. The fraction of sp³-hybridized carbons (Fsp3) is 0.0345. The summed E-state index contributed by atoms with van der Waals surface area (Å²) in [5, 5.41) is 0. The summed E-state index contributed by atoms with van der Waals surface area (Å²) in [6, 6.07) is 35.6. The van der Waals surface area contributed by atoms with Gasteiger partial charge in [0.25, 0.3) is 0 Å². The second-order valence-electron chi connectivity index (χ2n) is 7.31. The summed E-state index contributed by atoms with van der Waals surface area (Å²) in [6.45, 7) is 2.02. The zero-order valence-corrected chi connectivity index (χ0v) is 18.8. The number of allylic oxidation sites excluding steroid dienone is 1. The van der Waals surface area contributed by atoms with Crippen molar-refractivity contribution in [2.24, 2.45) is 0 Å². The van der Waals surface area contributed by atoms with E-state index in [1.165, 1.54) is 0 Å². The van der Waals surface area contributed by atoms with Crippen molar-refractivity contribution < 1.29 is 4.79 Å². The predicted molar refractivity (Wildman–Crippen MR) is 132 cm³/mol. The van der Waals surface area contributed by atoms with Crippen molar-refractivity contribution in [3.05, 3.63) is 147 Å². The van der Waals surface area contributed by atoms with Crippen molar-refractivity contribution in [2.45, 2.75) is 6.92 Å². The van der Waals surface area contributed by atoms with Gasteiger partial charge in [-0.2, -0.15) is 0 Å². The number of hydrogen-bond acceptors (Lipinski definition) is 1. The molecule has 0 fully saturated rings. The summed E-state index contributed by atoms with van der Waals surface area (Å²) in [7, 11) is 0. The highest BCUT2D eigenvalue weighted by Crippen LogP contribution is 2.27. The molecule has 4 rings (SSSR count). The van der Waals surface area contributed by atoms with Crippen LogP contribution in [0.1, 0.15) is 32.6 Å². The molecule has 0 amide bonds. The van der Waals surface area contributed by atoms with E-state index in [0.29, 0.717) is 11.1 Å². The van der Waals surface area contributed by atoms with E-state index in [0.717, 1.165) is 32.3 Å². The molecule has 0 saturated heterocycles. The Balaban J connectivity index is 2.01. The lowest BCUT2D eigenvalue weighted by molar-refractivity contribution is 0.105. The van der Waals surface area contributed by atoms with Gasteiger partial charge in [-0.3, -0.25) is 4.79 Å². The average Bonchev–Trinajstić information content (AvgIpc) is 2.82. The average molecular weight is 465 g/mol. The second kappa shape index (κ2) is 9.57. The number of aryl methyl sites for hydroxylation is 1. The van der Waals surface area contributed by atoms with Crippen molar-refractivity contribution in [3.63, 3.8) is 0 Å². The topological polar surface area (TPSA) is 17.1 Å². The van der Waals surface area contributed by atoms with Crippen LogP contribution >= 0.6 is 15.9 Å². The number of hydrogen-bond donors (Lipinski definition) is 0. The van der Waals surface area contributed by atoms with E-state index in [9.17, 15) is 4.79 Å². The molecule has 4 aromatic carbocycles. The second-order valence-corrected chi connectivity index (χ2v) is 8.22. The van der Waals surface area contributed by atoms with Crippen LogP contribution in [-0.2, 0) is 0 Å². The monoisotopic (exact) mass is 464 g/mol. The molecule has 2 heteroatoms. The summed E-state index contributed by atoms with van der Waals surface area (Å²) in [5.74, 6) is -0.0494. The number of Topliss-reactive ketones (excluding diaryl/α,β-unsaturated/α-hetero) is 1. The van der Waals surface area contributed by atoms with Crippen molar-refractivity contribution in [1.82, 2.24) is 0 Å².